The van der Waals surface area contributed by atoms with Crippen LogP contribution in [0.5, 0.6) is 0 Å². The van der Waals surface area contributed by atoms with Crippen molar-refractivity contribution < 1.29 is 9.50 Å². The summed E-state index contributed by atoms with van der Waals surface area (Å²) >= 11 is 0. The molecule has 2 heterocycles. The fraction of sp³-hybridized carbons (Fsp3) is 0.318. The van der Waals surface area contributed by atoms with Crippen LogP contribution in [-0.4, -0.2) is 33.9 Å². The van der Waals surface area contributed by atoms with Crippen LogP contribution in [0.2, 0.25) is 0 Å². The third kappa shape index (κ3) is 3.39. The van der Waals surface area contributed by atoms with Crippen LogP contribution in [0.25, 0.3) is 10.9 Å². The molecule has 1 N–H and O–H groups in total. The highest BCUT2D eigenvalue weighted by molar-refractivity contribution is 5.84. The van der Waals surface area contributed by atoms with Crippen LogP contribution in [0.4, 0.5) is 4.39 Å². The van der Waals surface area contributed by atoms with Gasteiger partial charge in [0.05, 0.1) is 0 Å². The topological polar surface area (TPSA) is 28.4 Å². The zero-order valence-corrected chi connectivity index (χ0v) is 14.8. The van der Waals surface area contributed by atoms with Crippen molar-refractivity contribution in [2.75, 3.05) is 13.1 Å². The Kier molecular flexibility index (Phi) is 4.79. The number of hydrogen-bond donors (Lipinski definition) is 1. The number of piperidine rings is 1. The molecule has 1 atom stereocenters. The zero-order chi connectivity index (χ0) is 18.1. The normalized spacial score (nSPS) is 17.7. The Morgan fingerprint density at radius 2 is 1.77 bits per heavy atom. The number of aliphatic hydroxyl groups excluding tert-OH is 1. The monoisotopic (exact) mass is 351 g/mol. The Morgan fingerprint density at radius 3 is 2.46 bits per heavy atom. The molecule has 3 nitrogen and oxygen atoms in total. The first-order valence-corrected chi connectivity index (χ1v) is 9.19. The number of aliphatic hydroxyl groups is 1. The molecule has 4 heteroatoms. The van der Waals surface area contributed by atoms with Crippen LogP contribution in [0.1, 0.15) is 29.9 Å². The number of hydrogen-bond acceptors (Lipinski definition) is 2. The summed E-state index contributed by atoms with van der Waals surface area (Å²) in [4.78, 5) is 2.02. The van der Waals surface area contributed by atoms with E-state index in [1.165, 1.54) is 28.6 Å². The van der Waals surface area contributed by atoms with Gasteiger partial charge in [-0.3, -0.25) is 4.90 Å². The SMILES string of the molecule is [CH2]C(O)N1CCC(c2cn(Cc3ccc(F)cc3)c3ccccc23)CC1. The van der Waals surface area contributed by atoms with Crippen molar-refractivity contribution in [3.05, 3.63) is 78.6 Å². The van der Waals surface area contributed by atoms with Gasteiger partial charge in [-0.2, -0.15) is 0 Å². The number of fused-ring (bicyclic) bond motifs is 1. The van der Waals surface area contributed by atoms with E-state index in [4.69, 9.17) is 0 Å². The van der Waals surface area contributed by atoms with Crippen molar-refractivity contribution in [3.8, 4) is 0 Å². The van der Waals surface area contributed by atoms with Gasteiger partial charge in [-0.15, -0.1) is 0 Å². The van der Waals surface area contributed by atoms with Gasteiger partial charge in [0.2, 0.25) is 0 Å². The lowest BCUT2D eigenvalue weighted by Gasteiger charge is -2.33. The van der Waals surface area contributed by atoms with Gasteiger partial charge >= 0.3 is 0 Å². The molecule has 0 amide bonds. The number of para-hydroxylation sites is 1. The van der Waals surface area contributed by atoms with Gasteiger partial charge in [0.25, 0.3) is 0 Å². The molecule has 1 saturated heterocycles. The minimum atomic E-state index is -0.615. The summed E-state index contributed by atoms with van der Waals surface area (Å²) in [6, 6.07) is 15.2. The number of aromatic nitrogens is 1. The third-order valence-electron chi connectivity index (χ3n) is 5.48. The molecule has 1 radical (unpaired) electrons. The predicted octanol–water partition coefficient (Wildman–Crippen LogP) is 4.16. The molecule has 0 aliphatic carbocycles. The summed E-state index contributed by atoms with van der Waals surface area (Å²) < 4.78 is 15.4. The zero-order valence-electron chi connectivity index (χ0n) is 14.8. The summed E-state index contributed by atoms with van der Waals surface area (Å²) in [5.74, 6) is 0.288. The lowest BCUT2D eigenvalue weighted by atomic mass is 9.89. The molecule has 3 aromatic rings. The average Bonchev–Trinajstić information content (AvgIpc) is 3.02. The number of likely N-dealkylation sites (tertiary alicyclic amines) is 1. The Morgan fingerprint density at radius 1 is 1.08 bits per heavy atom. The maximum atomic E-state index is 13.2. The maximum absolute atomic E-state index is 13.2. The van der Waals surface area contributed by atoms with E-state index >= 15 is 0 Å². The van der Waals surface area contributed by atoms with E-state index in [0.29, 0.717) is 5.92 Å². The second-order valence-corrected chi connectivity index (χ2v) is 7.15. The smallest absolute Gasteiger partial charge is 0.123 e. The number of rotatable bonds is 4. The summed E-state index contributed by atoms with van der Waals surface area (Å²) in [6.07, 6.45) is 3.69. The molecular weight excluding hydrogens is 327 g/mol. The van der Waals surface area contributed by atoms with E-state index in [1.807, 2.05) is 17.0 Å². The first-order valence-electron chi connectivity index (χ1n) is 9.19. The minimum absolute atomic E-state index is 0.203. The molecule has 1 aliphatic heterocycles. The van der Waals surface area contributed by atoms with Gasteiger partial charge in [0, 0.05) is 36.7 Å². The van der Waals surface area contributed by atoms with E-state index in [0.717, 1.165) is 38.0 Å². The molecule has 1 aromatic heterocycles. The van der Waals surface area contributed by atoms with Gasteiger partial charge in [-0.25, -0.2) is 4.39 Å². The molecule has 4 rings (SSSR count). The van der Waals surface area contributed by atoms with E-state index in [2.05, 4.69) is 42.0 Å². The van der Waals surface area contributed by atoms with Crippen LogP contribution in [0.3, 0.4) is 0 Å². The molecule has 135 valence electrons. The van der Waals surface area contributed by atoms with Gasteiger partial charge in [-0.1, -0.05) is 30.3 Å². The van der Waals surface area contributed by atoms with Crippen molar-refractivity contribution in [2.45, 2.75) is 31.5 Å². The lowest BCUT2D eigenvalue weighted by molar-refractivity contribution is 0.0221. The van der Waals surface area contributed by atoms with E-state index < -0.39 is 6.23 Å². The molecule has 0 saturated carbocycles. The van der Waals surface area contributed by atoms with Crippen LogP contribution >= 0.6 is 0 Å². The van der Waals surface area contributed by atoms with Crippen LogP contribution in [-0.2, 0) is 6.54 Å². The van der Waals surface area contributed by atoms with Crippen molar-refractivity contribution in [2.24, 2.45) is 0 Å². The second kappa shape index (κ2) is 7.22. The van der Waals surface area contributed by atoms with Gasteiger partial charge in [-0.05, 0) is 55.0 Å². The maximum Gasteiger partial charge on any atom is 0.123 e. The van der Waals surface area contributed by atoms with Crippen molar-refractivity contribution in [3.63, 3.8) is 0 Å². The number of nitrogens with zero attached hydrogens (tertiary/aromatic N) is 2. The Balaban J connectivity index is 1.63. The number of benzene rings is 2. The van der Waals surface area contributed by atoms with Crippen molar-refractivity contribution >= 4 is 10.9 Å². The molecule has 1 fully saturated rings. The van der Waals surface area contributed by atoms with E-state index in [9.17, 15) is 9.50 Å². The molecular formula is C22H24FN2O. The summed E-state index contributed by atoms with van der Waals surface area (Å²) in [7, 11) is 0. The standard InChI is InChI=1S/C22H24FN2O/c1-16(26)24-12-10-18(11-13-24)21-15-25(22-5-3-2-4-20(21)22)14-17-6-8-19(23)9-7-17/h2-9,15-16,18,26H,1,10-14H2. The first-order chi connectivity index (χ1) is 12.6. The molecule has 0 bridgehead atoms. The quantitative estimate of drug-likeness (QED) is 0.764. The fourth-order valence-electron chi connectivity index (χ4n) is 4.03. The fourth-order valence-corrected chi connectivity index (χ4v) is 4.03. The predicted molar refractivity (Wildman–Crippen MR) is 102 cm³/mol. The van der Waals surface area contributed by atoms with Crippen molar-refractivity contribution in [1.82, 2.24) is 9.47 Å². The summed E-state index contributed by atoms with van der Waals surface area (Å²) in [5, 5.41) is 11.0. The minimum Gasteiger partial charge on any atom is -0.378 e. The van der Waals surface area contributed by atoms with Crippen LogP contribution in [0.15, 0.2) is 54.7 Å². The first kappa shape index (κ1) is 17.3. The second-order valence-electron chi connectivity index (χ2n) is 7.15. The average molecular weight is 351 g/mol. The summed E-state index contributed by atoms with van der Waals surface area (Å²) in [5.41, 5.74) is 3.68. The van der Waals surface area contributed by atoms with E-state index in [1.54, 1.807) is 0 Å². The molecule has 0 spiro atoms. The van der Waals surface area contributed by atoms with Crippen LogP contribution in [0, 0.1) is 12.7 Å². The lowest BCUT2D eigenvalue weighted by Crippen LogP contribution is -2.39. The van der Waals surface area contributed by atoms with Crippen molar-refractivity contribution in [1.29, 1.82) is 0 Å². The Bertz CT molecular complexity index is 877. The highest BCUT2D eigenvalue weighted by atomic mass is 19.1. The van der Waals surface area contributed by atoms with Gasteiger partial charge in [0.15, 0.2) is 0 Å². The molecule has 1 unspecified atom stereocenters. The van der Waals surface area contributed by atoms with Gasteiger partial charge in [0.1, 0.15) is 12.0 Å². The highest BCUT2D eigenvalue weighted by Crippen LogP contribution is 2.35. The number of halogens is 1. The summed E-state index contributed by atoms with van der Waals surface area (Å²) in [6.45, 7) is 6.19. The Labute approximate surface area is 153 Å². The largest absolute Gasteiger partial charge is 0.378 e. The van der Waals surface area contributed by atoms with Gasteiger partial charge < -0.3 is 9.67 Å². The third-order valence-corrected chi connectivity index (χ3v) is 5.48. The Hall–Kier alpha value is -2.17. The molecule has 26 heavy (non-hydrogen) atoms. The molecule has 2 aromatic carbocycles. The molecule has 1 aliphatic rings. The highest BCUT2D eigenvalue weighted by Gasteiger charge is 2.25. The van der Waals surface area contributed by atoms with Crippen LogP contribution < -0.4 is 0 Å². The van der Waals surface area contributed by atoms with E-state index in [-0.39, 0.29) is 5.82 Å².